The van der Waals surface area contributed by atoms with E-state index in [4.69, 9.17) is 5.11 Å². The van der Waals surface area contributed by atoms with Crippen molar-refractivity contribution in [2.75, 3.05) is 6.54 Å². The molecule has 0 aliphatic rings. The van der Waals surface area contributed by atoms with Gasteiger partial charge in [-0.05, 0) is 24.8 Å². The molecule has 18 heavy (non-hydrogen) atoms. The molecular formula is C14H16N2O2. The fraction of sp³-hybridized carbons (Fsp3) is 0.286. The molecule has 2 N–H and O–H groups in total. The van der Waals surface area contributed by atoms with Crippen LogP contribution in [-0.4, -0.2) is 28.6 Å². The van der Waals surface area contributed by atoms with Gasteiger partial charge >= 0.3 is 0 Å². The normalized spacial score (nSPS) is 12.3. The SMILES string of the molecule is CC(O)CCNC(=O)c1nccc2ccccc12. The Kier molecular flexibility index (Phi) is 3.89. The largest absolute Gasteiger partial charge is 0.393 e. The monoisotopic (exact) mass is 244 g/mol. The highest BCUT2D eigenvalue weighted by Crippen LogP contribution is 2.15. The van der Waals surface area contributed by atoms with Crippen molar-refractivity contribution >= 4 is 16.7 Å². The van der Waals surface area contributed by atoms with Crippen LogP contribution in [0.2, 0.25) is 0 Å². The highest BCUT2D eigenvalue weighted by molar-refractivity contribution is 6.05. The molecule has 1 heterocycles. The molecule has 0 bridgehead atoms. The molecule has 1 aromatic carbocycles. The molecule has 1 atom stereocenters. The number of hydrogen-bond donors (Lipinski definition) is 2. The lowest BCUT2D eigenvalue weighted by molar-refractivity contribution is 0.0942. The first kappa shape index (κ1) is 12.5. The Bertz CT molecular complexity index is 547. The van der Waals surface area contributed by atoms with Crippen molar-refractivity contribution in [2.45, 2.75) is 19.4 Å². The minimum Gasteiger partial charge on any atom is -0.393 e. The fourth-order valence-corrected chi connectivity index (χ4v) is 1.78. The standard InChI is InChI=1S/C14H16N2O2/c1-10(17)6-8-16-14(18)13-12-5-3-2-4-11(12)7-9-15-13/h2-5,7,9-10,17H,6,8H2,1H3,(H,16,18). The van der Waals surface area contributed by atoms with Crippen LogP contribution in [0.1, 0.15) is 23.8 Å². The zero-order valence-electron chi connectivity index (χ0n) is 10.3. The van der Waals surface area contributed by atoms with Gasteiger partial charge in [0.15, 0.2) is 0 Å². The lowest BCUT2D eigenvalue weighted by Gasteiger charge is -2.08. The summed E-state index contributed by atoms with van der Waals surface area (Å²) in [5, 5.41) is 13.7. The van der Waals surface area contributed by atoms with Crippen molar-refractivity contribution in [3.8, 4) is 0 Å². The number of pyridine rings is 1. The molecule has 0 fully saturated rings. The predicted molar refractivity (Wildman–Crippen MR) is 70.4 cm³/mol. The Morgan fingerprint density at radius 3 is 2.94 bits per heavy atom. The second-order valence-electron chi connectivity index (χ2n) is 4.27. The van der Waals surface area contributed by atoms with Gasteiger partial charge in [0.25, 0.3) is 5.91 Å². The number of aromatic nitrogens is 1. The van der Waals surface area contributed by atoms with Crippen LogP contribution in [0.3, 0.4) is 0 Å². The predicted octanol–water partition coefficient (Wildman–Crippen LogP) is 1.74. The van der Waals surface area contributed by atoms with E-state index in [1.807, 2.05) is 30.3 Å². The smallest absolute Gasteiger partial charge is 0.270 e. The highest BCUT2D eigenvalue weighted by atomic mass is 16.3. The molecule has 0 spiro atoms. The third kappa shape index (κ3) is 2.84. The first-order valence-electron chi connectivity index (χ1n) is 5.98. The van der Waals surface area contributed by atoms with Gasteiger partial charge in [0, 0.05) is 18.1 Å². The van der Waals surface area contributed by atoms with Crippen LogP contribution in [0.5, 0.6) is 0 Å². The third-order valence-electron chi connectivity index (χ3n) is 2.74. The van der Waals surface area contributed by atoms with Crippen LogP contribution in [0.4, 0.5) is 0 Å². The maximum absolute atomic E-state index is 12.0. The Morgan fingerprint density at radius 2 is 2.17 bits per heavy atom. The molecule has 4 nitrogen and oxygen atoms in total. The van der Waals surface area contributed by atoms with Crippen LogP contribution in [-0.2, 0) is 0 Å². The maximum Gasteiger partial charge on any atom is 0.270 e. The number of hydrogen-bond acceptors (Lipinski definition) is 3. The highest BCUT2D eigenvalue weighted by Gasteiger charge is 2.10. The maximum atomic E-state index is 12.0. The number of carbonyl (C=O) groups excluding carboxylic acids is 1. The van der Waals surface area contributed by atoms with Crippen LogP contribution in [0.25, 0.3) is 10.8 Å². The summed E-state index contributed by atoms with van der Waals surface area (Å²) in [4.78, 5) is 16.1. The molecule has 2 rings (SSSR count). The Labute approximate surface area is 106 Å². The summed E-state index contributed by atoms with van der Waals surface area (Å²) in [7, 11) is 0. The van der Waals surface area contributed by atoms with Crippen LogP contribution in [0, 0.1) is 0 Å². The van der Waals surface area contributed by atoms with Crippen LogP contribution >= 0.6 is 0 Å². The number of aliphatic hydroxyl groups excluding tert-OH is 1. The number of rotatable bonds is 4. The quantitative estimate of drug-likeness (QED) is 0.861. The van der Waals surface area contributed by atoms with E-state index in [1.54, 1.807) is 13.1 Å². The number of aliphatic hydroxyl groups is 1. The second-order valence-corrected chi connectivity index (χ2v) is 4.27. The lowest BCUT2D eigenvalue weighted by Crippen LogP contribution is -2.27. The molecule has 1 aromatic heterocycles. The number of nitrogens with one attached hydrogen (secondary N) is 1. The first-order valence-corrected chi connectivity index (χ1v) is 5.98. The molecule has 0 aliphatic carbocycles. The molecular weight excluding hydrogens is 228 g/mol. The Morgan fingerprint density at radius 1 is 1.39 bits per heavy atom. The van der Waals surface area contributed by atoms with Gasteiger partial charge in [-0.25, -0.2) is 0 Å². The van der Waals surface area contributed by atoms with E-state index in [9.17, 15) is 4.79 Å². The Hall–Kier alpha value is -1.94. The number of benzene rings is 1. The molecule has 94 valence electrons. The van der Waals surface area contributed by atoms with Crippen LogP contribution in [0.15, 0.2) is 36.5 Å². The summed E-state index contributed by atoms with van der Waals surface area (Å²) in [6.45, 7) is 2.14. The minimum absolute atomic E-state index is 0.201. The van der Waals surface area contributed by atoms with Gasteiger partial charge in [0.2, 0.25) is 0 Å². The van der Waals surface area contributed by atoms with E-state index in [0.29, 0.717) is 18.7 Å². The van der Waals surface area contributed by atoms with Gasteiger partial charge in [0.1, 0.15) is 5.69 Å². The van der Waals surface area contributed by atoms with E-state index in [2.05, 4.69) is 10.3 Å². The molecule has 4 heteroatoms. The van der Waals surface area contributed by atoms with E-state index < -0.39 is 6.10 Å². The molecule has 0 aliphatic heterocycles. The van der Waals surface area contributed by atoms with Gasteiger partial charge in [-0.1, -0.05) is 24.3 Å². The van der Waals surface area contributed by atoms with E-state index in [0.717, 1.165) is 10.8 Å². The van der Waals surface area contributed by atoms with Crippen LogP contribution < -0.4 is 5.32 Å². The molecule has 2 aromatic rings. The zero-order valence-corrected chi connectivity index (χ0v) is 10.3. The van der Waals surface area contributed by atoms with Crippen molar-refractivity contribution in [2.24, 2.45) is 0 Å². The minimum atomic E-state index is -0.411. The summed E-state index contributed by atoms with van der Waals surface area (Å²) in [6.07, 6.45) is 1.76. The van der Waals surface area contributed by atoms with Crippen molar-refractivity contribution in [1.82, 2.24) is 10.3 Å². The second kappa shape index (κ2) is 5.60. The molecule has 1 unspecified atom stereocenters. The third-order valence-corrected chi connectivity index (χ3v) is 2.74. The van der Waals surface area contributed by atoms with Gasteiger partial charge in [0.05, 0.1) is 6.10 Å². The Balaban J connectivity index is 2.17. The molecule has 0 saturated heterocycles. The summed E-state index contributed by atoms with van der Waals surface area (Å²) in [6, 6.07) is 9.52. The number of amides is 1. The van der Waals surface area contributed by atoms with Crippen molar-refractivity contribution in [1.29, 1.82) is 0 Å². The van der Waals surface area contributed by atoms with Crippen molar-refractivity contribution in [3.05, 3.63) is 42.2 Å². The summed E-state index contributed by atoms with van der Waals surface area (Å²) in [5.41, 5.74) is 0.429. The van der Waals surface area contributed by atoms with Gasteiger partial charge in [-0.2, -0.15) is 0 Å². The first-order chi connectivity index (χ1) is 8.68. The summed E-state index contributed by atoms with van der Waals surface area (Å²) >= 11 is 0. The van der Waals surface area contributed by atoms with E-state index in [1.165, 1.54) is 0 Å². The zero-order chi connectivity index (χ0) is 13.0. The molecule has 1 amide bonds. The van der Waals surface area contributed by atoms with E-state index >= 15 is 0 Å². The number of fused-ring (bicyclic) bond motifs is 1. The van der Waals surface area contributed by atoms with Crippen molar-refractivity contribution in [3.63, 3.8) is 0 Å². The topological polar surface area (TPSA) is 62.2 Å². The van der Waals surface area contributed by atoms with E-state index in [-0.39, 0.29) is 5.91 Å². The average molecular weight is 244 g/mol. The van der Waals surface area contributed by atoms with Gasteiger partial charge in [-0.3, -0.25) is 9.78 Å². The van der Waals surface area contributed by atoms with Gasteiger partial charge in [-0.15, -0.1) is 0 Å². The molecule has 0 radical (unpaired) electrons. The molecule has 0 saturated carbocycles. The fourth-order valence-electron chi connectivity index (χ4n) is 1.78. The number of nitrogens with zero attached hydrogens (tertiary/aromatic N) is 1. The van der Waals surface area contributed by atoms with Crippen molar-refractivity contribution < 1.29 is 9.90 Å². The summed E-state index contributed by atoms with van der Waals surface area (Å²) < 4.78 is 0. The summed E-state index contributed by atoms with van der Waals surface area (Å²) in [5.74, 6) is -0.201. The number of carbonyl (C=O) groups is 1. The van der Waals surface area contributed by atoms with Gasteiger partial charge < -0.3 is 10.4 Å². The lowest BCUT2D eigenvalue weighted by atomic mass is 10.1. The average Bonchev–Trinajstić information content (AvgIpc) is 2.37.